The summed E-state index contributed by atoms with van der Waals surface area (Å²) >= 11 is 0. The zero-order chi connectivity index (χ0) is 20.0. The summed E-state index contributed by atoms with van der Waals surface area (Å²) in [6.07, 6.45) is 2.83. The number of hydrogen-bond donors (Lipinski definition) is 3. The number of H-pyrrole nitrogens is 1. The molecule has 3 N–H and O–H groups in total. The topological polar surface area (TPSA) is 98.3 Å². The van der Waals surface area contributed by atoms with Crippen LogP contribution in [0.3, 0.4) is 0 Å². The number of carbonyl (C=O) groups excluding carboxylic acids is 1. The molecule has 0 spiro atoms. The van der Waals surface area contributed by atoms with Gasteiger partial charge < -0.3 is 15.4 Å². The molecule has 1 aliphatic heterocycles. The second-order valence-corrected chi connectivity index (χ2v) is 7.82. The lowest BCUT2D eigenvalue weighted by Gasteiger charge is -2.19. The molecule has 1 atom stereocenters. The summed E-state index contributed by atoms with van der Waals surface area (Å²) in [7, 11) is 0. The van der Waals surface area contributed by atoms with E-state index in [1.54, 1.807) is 0 Å². The minimum atomic E-state index is -0.907. The maximum Gasteiger partial charge on any atom is 0.407 e. The Labute approximate surface area is 167 Å². The SMILES string of the molecule is O=C(NC1CC1)c1cccc(-c2ccc3nc(C4CCCN4C(=O)O)[nH]c3c2)c1. The van der Waals surface area contributed by atoms with E-state index in [-0.39, 0.29) is 11.9 Å². The Balaban J connectivity index is 1.44. The molecular weight excluding hydrogens is 368 g/mol. The molecule has 2 aliphatic rings. The number of amides is 2. The molecule has 1 aromatic heterocycles. The fraction of sp³-hybridized carbons (Fsp3) is 0.318. The highest BCUT2D eigenvalue weighted by atomic mass is 16.4. The molecule has 148 valence electrons. The lowest BCUT2D eigenvalue weighted by molar-refractivity contribution is 0.0951. The van der Waals surface area contributed by atoms with Gasteiger partial charge in [0, 0.05) is 18.2 Å². The van der Waals surface area contributed by atoms with Crippen LogP contribution in [0.1, 0.15) is 47.9 Å². The van der Waals surface area contributed by atoms with Crippen LogP contribution in [-0.2, 0) is 0 Å². The van der Waals surface area contributed by atoms with Crippen molar-refractivity contribution in [3.8, 4) is 11.1 Å². The maximum absolute atomic E-state index is 12.3. The minimum absolute atomic E-state index is 0.0331. The Hall–Kier alpha value is -3.35. The van der Waals surface area contributed by atoms with E-state index in [4.69, 9.17) is 0 Å². The number of hydrogen-bond acceptors (Lipinski definition) is 3. The molecule has 29 heavy (non-hydrogen) atoms. The number of benzene rings is 2. The number of nitrogens with one attached hydrogen (secondary N) is 2. The van der Waals surface area contributed by atoms with Crippen LogP contribution in [-0.4, -0.2) is 44.6 Å². The molecule has 1 unspecified atom stereocenters. The van der Waals surface area contributed by atoms with Gasteiger partial charge in [0.2, 0.25) is 0 Å². The third-order valence-corrected chi connectivity index (χ3v) is 5.68. The van der Waals surface area contributed by atoms with Crippen LogP contribution >= 0.6 is 0 Å². The van der Waals surface area contributed by atoms with Gasteiger partial charge in [-0.1, -0.05) is 18.2 Å². The van der Waals surface area contributed by atoms with E-state index >= 15 is 0 Å². The third kappa shape index (κ3) is 3.44. The molecule has 2 amide bonds. The molecule has 7 nitrogen and oxygen atoms in total. The first-order valence-electron chi connectivity index (χ1n) is 9.99. The van der Waals surface area contributed by atoms with Crippen LogP contribution in [0.15, 0.2) is 42.5 Å². The molecule has 3 aromatic rings. The molecule has 2 fully saturated rings. The predicted molar refractivity (Wildman–Crippen MR) is 109 cm³/mol. The molecular formula is C22H22N4O3. The Morgan fingerprint density at radius 1 is 1.10 bits per heavy atom. The minimum Gasteiger partial charge on any atom is -0.465 e. The van der Waals surface area contributed by atoms with Gasteiger partial charge in [0.25, 0.3) is 5.91 Å². The van der Waals surface area contributed by atoms with Crippen molar-refractivity contribution in [1.29, 1.82) is 0 Å². The predicted octanol–water partition coefficient (Wildman–Crippen LogP) is 3.94. The van der Waals surface area contributed by atoms with Crippen molar-refractivity contribution in [2.75, 3.05) is 6.54 Å². The van der Waals surface area contributed by atoms with Crippen LogP contribution in [0.5, 0.6) is 0 Å². The van der Waals surface area contributed by atoms with E-state index in [2.05, 4.69) is 15.3 Å². The Morgan fingerprint density at radius 3 is 2.72 bits per heavy atom. The van der Waals surface area contributed by atoms with Crippen molar-refractivity contribution in [1.82, 2.24) is 20.2 Å². The number of carboxylic acid groups (broad SMARTS) is 1. The molecule has 0 radical (unpaired) electrons. The molecule has 1 aliphatic carbocycles. The Kier molecular flexibility index (Phi) is 4.23. The van der Waals surface area contributed by atoms with E-state index < -0.39 is 6.09 Å². The first kappa shape index (κ1) is 17.7. The van der Waals surface area contributed by atoms with Gasteiger partial charge in [-0.25, -0.2) is 9.78 Å². The van der Waals surface area contributed by atoms with Crippen molar-refractivity contribution in [2.24, 2.45) is 0 Å². The first-order chi connectivity index (χ1) is 14.1. The van der Waals surface area contributed by atoms with Gasteiger partial charge in [0.05, 0.1) is 17.1 Å². The summed E-state index contributed by atoms with van der Waals surface area (Å²) < 4.78 is 0. The second kappa shape index (κ2) is 6.92. The van der Waals surface area contributed by atoms with Gasteiger partial charge in [-0.05, 0) is 61.1 Å². The van der Waals surface area contributed by atoms with Gasteiger partial charge in [-0.15, -0.1) is 0 Å². The number of fused-ring (bicyclic) bond motifs is 1. The van der Waals surface area contributed by atoms with Crippen LogP contribution in [0.2, 0.25) is 0 Å². The van der Waals surface area contributed by atoms with Crippen molar-refractivity contribution in [3.63, 3.8) is 0 Å². The average molecular weight is 390 g/mol. The largest absolute Gasteiger partial charge is 0.465 e. The van der Waals surface area contributed by atoms with E-state index in [9.17, 15) is 14.7 Å². The highest BCUT2D eigenvalue weighted by molar-refractivity contribution is 5.96. The smallest absolute Gasteiger partial charge is 0.407 e. The van der Waals surface area contributed by atoms with Gasteiger partial charge in [0.15, 0.2) is 0 Å². The van der Waals surface area contributed by atoms with Crippen molar-refractivity contribution < 1.29 is 14.7 Å². The molecule has 2 heterocycles. The van der Waals surface area contributed by atoms with E-state index in [0.29, 0.717) is 24.0 Å². The van der Waals surface area contributed by atoms with Crippen molar-refractivity contribution >= 4 is 23.0 Å². The maximum atomic E-state index is 12.3. The molecule has 0 bridgehead atoms. The molecule has 1 saturated heterocycles. The zero-order valence-corrected chi connectivity index (χ0v) is 15.9. The monoisotopic (exact) mass is 390 g/mol. The number of nitrogens with zero attached hydrogens (tertiary/aromatic N) is 2. The summed E-state index contributed by atoms with van der Waals surface area (Å²) in [6.45, 7) is 0.540. The number of rotatable bonds is 4. The standard InChI is InChI=1S/C22H22N4O3/c27-21(23-16-7-8-16)15-4-1-3-13(11-15)14-6-9-17-18(12-14)25-20(24-17)19-5-2-10-26(19)22(28)29/h1,3-4,6,9,11-12,16,19H,2,5,7-8,10H2,(H,23,27)(H,24,25)(H,28,29). The lowest BCUT2D eigenvalue weighted by Crippen LogP contribution is -2.29. The van der Waals surface area contributed by atoms with Crippen LogP contribution in [0.25, 0.3) is 22.2 Å². The van der Waals surface area contributed by atoms with E-state index in [1.165, 1.54) is 4.90 Å². The van der Waals surface area contributed by atoms with Crippen LogP contribution in [0.4, 0.5) is 4.79 Å². The molecule has 1 saturated carbocycles. The highest BCUT2D eigenvalue weighted by Crippen LogP contribution is 2.32. The van der Waals surface area contributed by atoms with Gasteiger partial charge in [-0.3, -0.25) is 9.69 Å². The van der Waals surface area contributed by atoms with Gasteiger partial charge in [-0.2, -0.15) is 0 Å². The summed E-state index contributed by atoms with van der Waals surface area (Å²) in [5.41, 5.74) is 4.27. The Bertz CT molecular complexity index is 1100. The quantitative estimate of drug-likeness (QED) is 0.628. The second-order valence-electron chi connectivity index (χ2n) is 7.82. The fourth-order valence-corrected chi connectivity index (χ4v) is 3.98. The summed E-state index contributed by atoms with van der Waals surface area (Å²) in [5, 5.41) is 12.4. The number of aromatic amines is 1. The summed E-state index contributed by atoms with van der Waals surface area (Å²) in [5.74, 6) is 0.656. The normalized spacial score (nSPS) is 18.9. The third-order valence-electron chi connectivity index (χ3n) is 5.68. The zero-order valence-electron chi connectivity index (χ0n) is 15.9. The highest BCUT2D eigenvalue weighted by Gasteiger charge is 2.32. The number of imidazole rings is 1. The average Bonchev–Trinajstić information content (AvgIpc) is 3.24. The number of carbonyl (C=O) groups is 2. The first-order valence-corrected chi connectivity index (χ1v) is 9.99. The summed E-state index contributed by atoms with van der Waals surface area (Å²) in [4.78, 5) is 33.2. The van der Waals surface area contributed by atoms with Crippen molar-refractivity contribution in [2.45, 2.75) is 37.8 Å². The van der Waals surface area contributed by atoms with Crippen LogP contribution in [0, 0.1) is 0 Å². The number of likely N-dealkylation sites (tertiary alicyclic amines) is 1. The van der Waals surface area contributed by atoms with Crippen molar-refractivity contribution in [3.05, 3.63) is 53.9 Å². The Morgan fingerprint density at radius 2 is 1.93 bits per heavy atom. The molecule has 5 rings (SSSR count). The lowest BCUT2D eigenvalue weighted by atomic mass is 10.0. The van der Waals surface area contributed by atoms with Crippen LogP contribution < -0.4 is 5.32 Å². The molecule has 2 aromatic carbocycles. The van der Waals surface area contributed by atoms with E-state index in [1.807, 2.05) is 42.5 Å². The number of aromatic nitrogens is 2. The fourth-order valence-electron chi connectivity index (χ4n) is 3.98. The van der Waals surface area contributed by atoms with E-state index in [0.717, 1.165) is 47.8 Å². The van der Waals surface area contributed by atoms with Gasteiger partial charge in [0.1, 0.15) is 5.82 Å². The van der Waals surface area contributed by atoms with Gasteiger partial charge >= 0.3 is 6.09 Å². The summed E-state index contributed by atoms with van der Waals surface area (Å²) in [6, 6.07) is 13.6. The molecule has 7 heteroatoms.